The second-order valence-electron chi connectivity index (χ2n) is 9.63. The Kier molecular flexibility index (Phi) is 6.65. The quantitative estimate of drug-likeness (QED) is 0.268. The van der Waals surface area contributed by atoms with E-state index in [9.17, 15) is 4.79 Å². The Labute approximate surface area is 234 Å². The van der Waals surface area contributed by atoms with Crippen molar-refractivity contribution in [2.45, 2.75) is 26.9 Å². The van der Waals surface area contributed by atoms with E-state index >= 15 is 0 Å². The second kappa shape index (κ2) is 10.4. The summed E-state index contributed by atoms with van der Waals surface area (Å²) in [7, 11) is 1.62. The number of methoxy groups -OCH3 is 1. The van der Waals surface area contributed by atoms with Gasteiger partial charge in [0.15, 0.2) is 5.82 Å². The average Bonchev–Trinajstić information content (AvgIpc) is 3.65. The molecule has 40 heavy (non-hydrogen) atoms. The van der Waals surface area contributed by atoms with Gasteiger partial charge in [0.05, 0.1) is 23.4 Å². The SMILES string of the molecule is COc1ccc(-c2nc3s/c(=C\c4cn(-c5ccccc5)nc4-c4ccc(OC(C)C)c(C)c4)c(=O)n3n2)cc1. The number of hydrogen-bond donors (Lipinski definition) is 0. The Bertz CT molecular complexity index is 1920. The van der Waals surface area contributed by atoms with Gasteiger partial charge in [-0.15, -0.1) is 5.10 Å². The predicted octanol–water partition coefficient (Wildman–Crippen LogP) is 5.32. The van der Waals surface area contributed by atoms with Crippen LogP contribution < -0.4 is 19.6 Å². The molecule has 6 aromatic rings. The van der Waals surface area contributed by atoms with Crippen LogP contribution in [0.2, 0.25) is 0 Å². The lowest BCUT2D eigenvalue weighted by Crippen LogP contribution is -2.23. The van der Waals surface area contributed by atoms with Gasteiger partial charge in [-0.1, -0.05) is 29.5 Å². The molecule has 0 saturated heterocycles. The third-order valence-corrected chi connectivity index (χ3v) is 7.35. The number of para-hydroxylation sites is 1. The topological polar surface area (TPSA) is 83.5 Å². The number of nitrogens with zero attached hydrogens (tertiary/aromatic N) is 5. The standard InChI is InChI=1S/C31H27N5O3S/c1-19(2)39-26-15-12-22(16-20(26)3)28-23(18-35(33-28)24-8-6-5-7-9-24)17-27-30(37)36-31(40-27)32-29(34-36)21-10-13-25(38-4)14-11-21/h5-19H,1-4H3/b27-17-. The highest BCUT2D eigenvalue weighted by Crippen LogP contribution is 2.29. The van der Waals surface area contributed by atoms with Crippen LogP contribution in [0, 0.1) is 6.92 Å². The van der Waals surface area contributed by atoms with Crippen molar-refractivity contribution < 1.29 is 9.47 Å². The molecule has 0 spiro atoms. The zero-order valence-corrected chi connectivity index (χ0v) is 23.3. The second-order valence-corrected chi connectivity index (χ2v) is 10.6. The summed E-state index contributed by atoms with van der Waals surface area (Å²) in [6, 6.07) is 23.4. The van der Waals surface area contributed by atoms with Crippen molar-refractivity contribution in [3.8, 4) is 39.8 Å². The van der Waals surface area contributed by atoms with E-state index in [0.29, 0.717) is 15.3 Å². The Balaban J connectivity index is 1.44. The summed E-state index contributed by atoms with van der Waals surface area (Å²) in [5.74, 6) is 2.08. The molecule has 200 valence electrons. The number of aromatic nitrogens is 5. The number of aryl methyl sites for hydroxylation is 1. The highest BCUT2D eigenvalue weighted by atomic mass is 32.1. The molecule has 3 heterocycles. The third kappa shape index (κ3) is 4.87. The summed E-state index contributed by atoms with van der Waals surface area (Å²) in [5.41, 5.74) is 5.05. The fourth-order valence-electron chi connectivity index (χ4n) is 4.45. The summed E-state index contributed by atoms with van der Waals surface area (Å²) >= 11 is 1.30. The molecule has 0 bridgehead atoms. The molecule has 0 saturated carbocycles. The van der Waals surface area contributed by atoms with E-state index in [1.807, 2.05) is 104 Å². The molecule has 3 aromatic carbocycles. The van der Waals surface area contributed by atoms with Gasteiger partial charge >= 0.3 is 0 Å². The minimum atomic E-state index is -0.220. The van der Waals surface area contributed by atoms with Crippen LogP contribution in [0.3, 0.4) is 0 Å². The maximum absolute atomic E-state index is 13.4. The number of benzene rings is 3. The minimum absolute atomic E-state index is 0.0813. The fourth-order valence-corrected chi connectivity index (χ4v) is 5.35. The monoisotopic (exact) mass is 549 g/mol. The highest BCUT2D eigenvalue weighted by molar-refractivity contribution is 7.15. The smallest absolute Gasteiger partial charge is 0.291 e. The Morgan fingerprint density at radius 3 is 2.38 bits per heavy atom. The molecule has 0 aliphatic heterocycles. The molecule has 0 aliphatic rings. The zero-order chi connectivity index (χ0) is 27.8. The first-order valence-electron chi connectivity index (χ1n) is 12.9. The van der Waals surface area contributed by atoms with E-state index in [-0.39, 0.29) is 11.7 Å². The van der Waals surface area contributed by atoms with Crippen LogP contribution >= 0.6 is 11.3 Å². The summed E-state index contributed by atoms with van der Waals surface area (Å²) in [6.45, 7) is 6.04. The summed E-state index contributed by atoms with van der Waals surface area (Å²) in [4.78, 5) is 18.5. The summed E-state index contributed by atoms with van der Waals surface area (Å²) < 4.78 is 14.9. The van der Waals surface area contributed by atoms with Gasteiger partial charge in [-0.25, -0.2) is 4.68 Å². The lowest BCUT2D eigenvalue weighted by Gasteiger charge is -2.13. The minimum Gasteiger partial charge on any atom is -0.497 e. The summed E-state index contributed by atoms with van der Waals surface area (Å²) in [5, 5.41) is 9.40. The Morgan fingerprint density at radius 1 is 0.950 bits per heavy atom. The van der Waals surface area contributed by atoms with Crippen LogP contribution in [0.1, 0.15) is 25.0 Å². The van der Waals surface area contributed by atoms with Crippen molar-refractivity contribution in [2.24, 2.45) is 0 Å². The highest BCUT2D eigenvalue weighted by Gasteiger charge is 2.16. The first-order chi connectivity index (χ1) is 19.4. The predicted molar refractivity (Wildman–Crippen MR) is 157 cm³/mol. The van der Waals surface area contributed by atoms with Crippen molar-refractivity contribution in [3.05, 3.63) is 105 Å². The molecule has 9 heteroatoms. The van der Waals surface area contributed by atoms with Gasteiger partial charge in [-0.05, 0) is 87.0 Å². The van der Waals surface area contributed by atoms with E-state index in [4.69, 9.17) is 14.6 Å². The van der Waals surface area contributed by atoms with Crippen molar-refractivity contribution in [1.82, 2.24) is 24.4 Å². The maximum atomic E-state index is 13.4. The van der Waals surface area contributed by atoms with Crippen LogP contribution in [0.25, 0.3) is 39.4 Å². The average molecular weight is 550 g/mol. The van der Waals surface area contributed by atoms with E-state index in [1.54, 1.807) is 7.11 Å². The first kappa shape index (κ1) is 25.5. The lowest BCUT2D eigenvalue weighted by atomic mass is 10.0. The molecular formula is C31H27N5O3S. The molecule has 0 atom stereocenters. The van der Waals surface area contributed by atoms with Crippen molar-refractivity contribution >= 4 is 22.4 Å². The van der Waals surface area contributed by atoms with Crippen LogP contribution in [-0.2, 0) is 0 Å². The normalized spacial score (nSPS) is 12.0. The van der Waals surface area contributed by atoms with Crippen LogP contribution in [0.15, 0.2) is 83.8 Å². The van der Waals surface area contributed by atoms with E-state index in [0.717, 1.165) is 45.1 Å². The van der Waals surface area contributed by atoms with Gasteiger partial charge in [0.1, 0.15) is 17.2 Å². The Morgan fingerprint density at radius 2 is 1.70 bits per heavy atom. The molecule has 6 rings (SSSR count). The molecular weight excluding hydrogens is 522 g/mol. The third-order valence-electron chi connectivity index (χ3n) is 6.39. The molecule has 0 N–H and O–H groups in total. The van der Waals surface area contributed by atoms with Gasteiger partial charge in [-0.3, -0.25) is 4.79 Å². The molecule has 3 aromatic heterocycles. The number of ether oxygens (including phenoxy) is 2. The van der Waals surface area contributed by atoms with E-state index in [2.05, 4.69) is 16.1 Å². The zero-order valence-electron chi connectivity index (χ0n) is 22.5. The van der Waals surface area contributed by atoms with E-state index in [1.165, 1.54) is 15.9 Å². The molecule has 0 amide bonds. The molecule has 0 fully saturated rings. The molecule has 0 aliphatic carbocycles. The largest absolute Gasteiger partial charge is 0.497 e. The number of thiazole rings is 1. The van der Waals surface area contributed by atoms with Gasteiger partial charge in [-0.2, -0.15) is 14.6 Å². The van der Waals surface area contributed by atoms with Crippen LogP contribution in [0.4, 0.5) is 0 Å². The molecule has 8 nitrogen and oxygen atoms in total. The number of hydrogen-bond acceptors (Lipinski definition) is 7. The molecule has 0 radical (unpaired) electrons. The Hall–Kier alpha value is -4.76. The number of rotatable bonds is 7. The van der Waals surface area contributed by atoms with Crippen LogP contribution in [-0.4, -0.2) is 37.6 Å². The molecule has 0 unspecified atom stereocenters. The van der Waals surface area contributed by atoms with Crippen LogP contribution in [0.5, 0.6) is 11.5 Å². The van der Waals surface area contributed by atoms with Gasteiger partial charge in [0.25, 0.3) is 5.56 Å². The van der Waals surface area contributed by atoms with Gasteiger partial charge in [0, 0.05) is 22.9 Å². The lowest BCUT2D eigenvalue weighted by molar-refractivity contribution is 0.241. The van der Waals surface area contributed by atoms with Crippen molar-refractivity contribution in [2.75, 3.05) is 7.11 Å². The maximum Gasteiger partial charge on any atom is 0.291 e. The fraction of sp³-hybridized carbons (Fsp3) is 0.161. The van der Waals surface area contributed by atoms with Crippen molar-refractivity contribution in [1.29, 1.82) is 0 Å². The first-order valence-corrected chi connectivity index (χ1v) is 13.7. The van der Waals surface area contributed by atoms with Crippen molar-refractivity contribution in [3.63, 3.8) is 0 Å². The van der Waals surface area contributed by atoms with Gasteiger partial charge < -0.3 is 9.47 Å². The van der Waals surface area contributed by atoms with Gasteiger partial charge in [0.2, 0.25) is 4.96 Å². The van der Waals surface area contributed by atoms with E-state index < -0.39 is 0 Å². The summed E-state index contributed by atoms with van der Waals surface area (Å²) in [6.07, 6.45) is 3.89. The number of fused-ring (bicyclic) bond motifs is 1.